The van der Waals surface area contributed by atoms with Crippen LogP contribution in [0.3, 0.4) is 0 Å². The molecule has 4 nitrogen and oxygen atoms in total. The number of nitrogens with zero attached hydrogens (tertiary/aromatic N) is 1. The van der Waals surface area contributed by atoms with E-state index in [1.54, 1.807) is 4.90 Å². The van der Waals surface area contributed by atoms with Crippen molar-refractivity contribution in [3.05, 3.63) is 0 Å². The smallest absolute Gasteiger partial charge is 0.245 e. The standard InChI is InChI=1S/C12H22N2O2/c1-4-10-12(16)14(8-11(15)13-10)7-5-6-9(2)3/h9-10H,4-8H2,1-3H3,(H,13,15). The van der Waals surface area contributed by atoms with Crippen LogP contribution in [0.1, 0.15) is 40.0 Å². The summed E-state index contributed by atoms with van der Waals surface area (Å²) in [5, 5.41) is 2.71. The molecule has 0 bridgehead atoms. The molecule has 0 aromatic rings. The summed E-state index contributed by atoms with van der Waals surface area (Å²) in [5.74, 6) is 0.692. The van der Waals surface area contributed by atoms with E-state index in [2.05, 4.69) is 19.2 Å². The SMILES string of the molecule is CCC1NC(=O)CN(CCCC(C)C)C1=O. The maximum absolute atomic E-state index is 11.9. The Kier molecular flexibility index (Phi) is 4.77. The van der Waals surface area contributed by atoms with Gasteiger partial charge in [-0.3, -0.25) is 9.59 Å². The predicted molar refractivity (Wildman–Crippen MR) is 62.9 cm³/mol. The van der Waals surface area contributed by atoms with E-state index in [4.69, 9.17) is 0 Å². The molecule has 1 heterocycles. The minimum atomic E-state index is -0.305. The molecule has 92 valence electrons. The van der Waals surface area contributed by atoms with Crippen LogP contribution in [0, 0.1) is 5.92 Å². The number of carbonyl (C=O) groups is 2. The lowest BCUT2D eigenvalue weighted by Crippen LogP contribution is -2.57. The lowest BCUT2D eigenvalue weighted by Gasteiger charge is -2.32. The highest BCUT2D eigenvalue weighted by Crippen LogP contribution is 2.09. The van der Waals surface area contributed by atoms with Gasteiger partial charge >= 0.3 is 0 Å². The van der Waals surface area contributed by atoms with Crippen LogP contribution in [0.4, 0.5) is 0 Å². The van der Waals surface area contributed by atoms with Gasteiger partial charge in [0.05, 0.1) is 6.54 Å². The Hall–Kier alpha value is -1.06. The third kappa shape index (κ3) is 3.51. The number of piperazine rings is 1. The number of carbonyl (C=O) groups excluding carboxylic acids is 2. The van der Waals surface area contributed by atoms with Crippen LogP contribution in [0.5, 0.6) is 0 Å². The van der Waals surface area contributed by atoms with Crippen LogP contribution >= 0.6 is 0 Å². The second-order valence-corrected chi connectivity index (χ2v) is 4.82. The van der Waals surface area contributed by atoms with E-state index in [9.17, 15) is 9.59 Å². The van der Waals surface area contributed by atoms with Gasteiger partial charge in [-0.1, -0.05) is 20.8 Å². The average molecular weight is 226 g/mol. The molecule has 1 aliphatic heterocycles. The van der Waals surface area contributed by atoms with E-state index in [0.29, 0.717) is 18.9 Å². The summed E-state index contributed by atoms with van der Waals surface area (Å²) < 4.78 is 0. The minimum absolute atomic E-state index is 0.0315. The second kappa shape index (κ2) is 5.87. The van der Waals surface area contributed by atoms with E-state index >= 15 is 0 Å². The van der Waals surface area contributed by atoms with Crippen LogP contribution < -0.4 is 5.32 Å². The monoisotopic (exact) mass is 226 g/mol. The molecule has 1 atom stereocenters. The first-order valence-electron chi connectivity index (χ1n) is 6.12. The lowest BCUT2D eigenvalue weighted by molar-refractivity contribution is -0.144. The fourth-order valence-electron chi connectivity index (χ4n) is 1.93. The fourth-order valence-corrected chi connectivity index (χ4v) is 1.93. The fraction of sp³-hybridized carbons (Fsp3) is 0.833. The van der Waals surface area contributed by atoms with E-state index < -0.39 is 0 Å². The highest BCUT2D eigenvalue weighted by atomic mass is 16.2. The Morgan fingerprint density at radius 3 is 2.69 bits per heavy atom. The van der Waals surface area contributed by atoms with Gasteiger partial charge in [-0.25, -0.2) is 0 Å². The maximum atomic E-state index is 11.9. The molecule has 1 rings (SSSR count). The van der Waals surface area contributed by atoms with Crippen molar-refractivity contribution >= 4 is 11.8 Å². The molecule has 16 heavy (non-hydrogen) atoms. The molecule has 1 fully saturated rings. The summed E-state index contributed by atoms with van der Waals surface area (Å²) >= 11 is 0. The Morgan fingerprint density at radius 2 is 2.12 bits per heavy atom. The molecule has 1 N–H and O–H groups in total. The zero-order valence-electron chi connectivity index (χ0n) is 10.5. The van der Waals surface area contributed by atoms with Gasteiger partial charge < -0.3 is 10.2 Å². The van der Waals surface area contributed by atoms with E-state index in [-0.39, 0.29) is 24.4 Å². The molecule has 2 amide bonds. The molecule has 1 saturated heterocycles. The molecular formula is C12H22N2O2. The quantitative estimate of drug-likeness (QED) is 0.764. The maximum Gasteiger partial charge on any atom is 0.245 e. The lowest BCUT2D eigenvalue weighted by atomic mass is 10.1. The van der Waals surface area contributed by atoms with E-state index in [1.807, 2.05) is 6.92 Å². The van der Waals surface area contributed by atoms with Gasteiger partial charge in [-0.15, -0.1) is 0 Å². The summed E-state index contributed by atoms with van der Waals surface area (Å²) in [6, 6.07) is -0.305. The summed E-state index contributed by atoms with van der Waals surface area (Å²) in [6.45, 7) is 7.19. The normalized spacial score (nSPS) is 21.5. The van der Waals surface area contributed by atoms with Crippen molar-refractivity contribution in [1.29, 1.82) is 0 Å². The van der Waals surface area contributed by atoms with E-state index in [0.717, 1.165) is 12.8 Å². The van der Waals surface area contributed by atoms with Crippen LogP contribution in [0.15, 0.2) is 0 Å². The Balaban J connectivity index is 2.44. The molecular weight excluding hydrogens is 204 g/mol. The van der Waals surface area contributed by atoms with Crippen molar-refractivity contribution < 1.29 is 9.59 Å². The highest BCUT2D eigenvalue weighted by molar-refractivity contribution is 5.94. The van der Waals surface area contributed by atoms with Crippen LogP contribution in [-0.2, 0) is 9.59 Å². The van der Waals surface area contributed by atoms with Gasteiger partial charge in [0.1, 0.15) is 6.04 Å². The molecule has 0 aromatic heterocycles. The Morgan fingerprint density at radius 1 is 1.44 bits per heavy atom. The van der Waals surface area contributed by atoms with Gasteiger partial charge in [-0.05, 0) is 25.2 Å². The summed E-state index contributed by atoms with van der Waals surface area (Å²) in [5.41, 5.74) is 0. The third-order valence-electron chi connectivity index (χ3n) is 2.90. The Labute approximate surface area is 97.4 Å². The number of nitrogens with one attached hydrogen (secondary N) is 1. The molecule has 1 aliphatic rings. The third-order valence-corrected chi connectivity index (χ3v) is 2.90. The van der Waals surface area contributed by atoms with Gasteiger partial charge in [0, 0.05) is 6.54 Å². The van der Waals surface area contributed by atoms with Gasteiger partial charge in [0.25, 0.3) is 0 Å². The topological polar surface area (TPSA) is 49.4 Å². The van der Waals surface area contributed by atoms with Crippen molar-refractivity contribution in [2.24, 2.45) is 5.92 Å². The number of hydrogen-bond acceptors (Lipinski definition) is 2. The summed E-state index contributed by atoms with van der Waals surface area (Å²) in [4.78, 5) is 25.0. The van der Waals surface area contributed by atoms with Gasteiger partial charge in [-0.2, -0.15) is 0 Å². The van der Waals surface area contributed by atoms with Crippen molar-refractivity contribution in [3.63, 3.8) is 0 Å². The predicted octanol–water partition coefficient (Wildman–Crippen LogP) is 1.16. The molecule has 0 aliphatic carbocycles. The van der Waals surface area contributed by atoms with Crippen molar-refractivity contribution in [1.82, 2.24) is 10.2 Å². The molecule has 0 spiro atoms. The van der Waals surface area contributed by atoms with E-state index in [1.165, 1.54) is 0 Å². The second-order valence-electron chi connectivity index (χ2n) is 4.82. The minimum Gasteiger partial charge on any atom is -0.343 e. The van der Waals surface area contributed by atoms with Crippen LogP contribution in [-0.4, -0.2) is 35.8 Å². The molecule has 0 saturated carbocycles. The number of rotatable bonds is 5. The number of amides is 2. The highest BCUT2D eigenvalue weighted by Gasteiger charge is 2.30. The zero-order valence-corrected chi connectivity index (χ0v) is 10.5. The average Bonchev–Trinajstić information content (AvgIpc) is 2.22. The summed E-state index contributed by atoms with van der Waals surface area (Å²) in [6.07, 6.45) is 2.75. The van der Waals surface area contributed by atoms with Gasteiger partial charge in [0.15, 0.2) is 0 Å². The molecule has 0 radical (unpaired) electrons. The molecule has 4 heteroatoms. The first kappa shape index (κ1) is 13.0. The largest absolute Gasteiger partial charge is 0.343 e. The van der Waals surface area contributed by atoms with Crippen molar-refractivity contribution in [2.45, 2.75) is 46.1 Å². The zero-order chi connectivity index (χ0) is 12.1. The number of hydrogen-bond donors (Lipinski definition) is 1. The van der Waals surface area contributed by atoms with Crippen molar-refractivity contribution in [3.8, 4) is 0 Å². The first-order valence-corrected chi connectivity index (χ1v) is 6.12. The van der Waals surface area contributed by atoms with Gasteiger partial charge in [0.2, 0.25) is 11.8 Å². The Bertz CT molecular complexity index is 264. The van der Waals surface area contributed by atoms with Crippen LogP contribution in [0.25, 0.3) is 0 Å². The van der Waals surface area contributed by atoms with Crippen LogP contribution in [0.2, 0.25) is 0 Å². The molecule has 0 aromatic carbocycles. The van der Waals surface area contributed by atoms with Crippen molar-refractivity contribution in [2.75, 3.05) is 13.1 Å². The molecule has 1 unspecified atom stereocenters. The summed E-state index contributed by atoms with van der Waals surface area (Å²) in [7, 11) is 0. The first-order chi connectivity index (χ1) is 7.54.